The Morgan fingerprint density at radius 3 is 2.80 bits per heavy atom. The van der Waals surface area contributed by atoms with Gasteiger partial charge in [-0.05, 0) is 25.8 Å². The number of non-ortho nitro benzene ring substituents is 1. The van der Waals surface area contributed by atoms with Crippen molar-refractivity contribution in [2.45, 2.75) is 31.9 Å². The summed E-state index contributed by atoms with van der Waals surface area (Å²) >= 11 is 0. The van der Waals surface area contributed by atoms with E-state index in [9.17, 15) is 14.9 Å². The summed E-state index contributed by atoms with van der Waals surface area (Å²) in [4.78, 5) is 21.2. The zero-order valence-corrected chi connectivity index (χ0v) is 11.0. The maximum absolute atomic E-state index is 11.2. The SMILES string of the molecule is CCOC1CC(Nc2ccc([N+](=O)[O-])cc2C(=O)O)C1. The van der Waals surface area contributed by atoms with Crippen LogP contribution in [-0.4, -0.2) is 34.8 Å². The maximum Gasteiger partial charge on any atom is 0.338 e. The molecular weight excluding hydrogens is 264 g/mol. The number of aromatic carboxylic acids is 1. The van der Waals surface area contributed by atoms with E-state index in [0.29, 0.717) is 12.3 Å². The largest absolute Gasteiger partial charge is 0.478 e. The maximum atomic E-state index is 11.2. The summed E-state index contributed by atoms with van der Waals surface area (Å²) in [7, 11) is 0. The molecule has 0 radical (unpaired) electrons. The molecule has 0 spiro atoms. The van der Waals surface area contributed by atoms with Crippen molar-refractivity contribution in [3.8, 4) is 0 Å². The summed E-state index contributed by atoms with van der Waals surface area (Å²) in [6.45, 7) is 2.59. The highest BCUT2D eigenvalue weighted by molar-refractivity contribution is 5.95. The lowest BCUT2D eigenvalue weighted by Gasteiger charge is -2.36. The van der Waals surface area contributed by atoms with Crippen molar-refractivity contribution in [2.24, 2.45) is 0 Å². The molecule has 0 saturated heterocycles. The lowest BCUT2D eigenvalue weighted by molar-refractivity contribution is -0.384. The quantitative estimate of drug-likeness (QED) is 0.612. The Morgan fingerprint density at radius 1 is 1.55 bits per heavy atom. The molecule has 2 rings (SSSR count). The van der Waals surface area contributed by atoms with Gasteiger partial charge in [0.15, 0.2) is 0 Å². The van der Waals surface area contributed by atoms with Crippen LogP contribution in [0, 0.1) is 10.1 Å². The van der Waals surface area contributed by atoms with Gasteiger partial charge in [0.05, 0.1) is 16.6 Å². The molecule has 1 aromatic rings. The van der Waals surface area contributed by atoms with Gasteiger partial charge >= 0.3 is 5.97 Å². The third kappa shape index (κ3) is 3.05. The van der Waals surface area contributed by atoms with E-state index in [0.717, 1.165) is 18.9 Å². The molecular formula is C13H16N2O5. The smallest absolute Gasteiger partial charge is 0.338 e. The standard InChI is InChI=1S/C13H16N2O5/c1-2-20-10-5-8(6-10)14-12-4-3-9(15(18)19)7-11(12)13(16)17/h3-4,7-8,10,14H,2,5-6H2,1H3,(H,16,17). The summed E-state index contributed by atoms with van der Waals surface area (Å²) in [6, 6.07) is 3.96. The summed E-state index contributed by atoms with van der Waals surface area (Å²) in [5.41, 5.74) is 0.0934. The molecule has 1 saturated carbocycles. The Bertz CT molecular complexity index is 525. The zero-order valence-electron chi connectivity index (χ0n) is 11.0. The van der Waals surface area contributed by atoms with E-state index in [1.807, 2.05) is 6.92 Å². The van der Waals surface area contributed by atoms with Crippen LogP contribution in [0.15, 0.2) is 18.2 Å². The zero-order chi connectivity index (χ0) is 14.7. The fourth-order valence-electron chi connectivity index (χ4n) is 2.22. The molecule has 108 valence electrons. The van der Waals surface area contributed by atoms with Gasteiger partial charge < -0.3 is 15.2 Å². The number of nitro groups is 1. The highest BCUT2D eigenvalue weighted by Crippen LogP contribution is 2.29. The lowest BCUT2D eigenvalue weighted by Crippen LogP contribution is -2.41. The van der Waals surface area contributed by atoms with E-state index in [1.165, 1.54) is 12.1 Å². The van der Waals surface area contributed by atoms with Crippen LogP contribution in [0.1, 0.15) is 30.1 Å². The molecule has 7 nitrogen and oxygen atoms in total. The van der Waals surface area contributed by atoms with E-state index < -0.39 is 10.9 Å². The van der Waals surface area contributed by atoms with E-state index in [2.05, 4.69) is 5.32 Å². The van der Waals surface area contributed by atoms with Gasteiger partial charge in [0.1, 0.15) is 0 Å². The van der Waals surface area contributed by atoms with E-state index in [-0.39, 0.29) is 23.4 Å². The topological polar surface area (TPSA) is 102 Å². The molecule has 1 aliphatic carbocycles. The van der Waals surface area contributed by atoms with Crippen LogP contribution in [0.2, 0.25) is 0 Å². The first-order chi connectivity index (χ1) is 9.51. The van der Waals surface area contributed by atoms with E-state index in [1.54, 1.807) is 0 Å². The molecule has 0 unspecified atom stereocenters. The number of nitro benzene ring substituents is 1. The summed E-state index contributed by atoms with van der Waals surface area (Å²) < 4.78 is 5.43. The van der Waals surface area contributed by atoms with Gasteiger partial charge in [-0.15, -0.1) is 0 Å². The van der Waals surface area contributed by atoms with Crippen molar-refractivity contribution in [3.05, 3.63) is 33.9 Å². The predicted molar refractivity (Wildman–Crippen MR) is 72.1 cm³/mol. The van der Waals surface area contributed by atoms with E-state index in [4.69, 9.17) is 9.84 Å². The van der Waals surface area contributed by atoms with Crippen LogP contribution >= 0.6 is 0 Å². The fourth-order valence-corrected chi connectivity index (χ4v) is 2.22. The van der Waals surface area contributed by atoms with Crippen LogP contribution in [0.4, 0.5) is 11.4 Å². The van der Waals surface area contributed by atoms with Crippen LogP contribution in [0.5, 0.6) is 0 Å². The van der Waals surface area contributed by atoms with Gasteiger partial charge in [-0.2, -0.15) is 0 Å². The van der Waals surface area contributed by atoms with Gasteiger partial charge in [-0.3, -0.25) is 10.1 Å². The minimum absolute atomic E-state index is 0.0842. The van der Waals surface area contributed by atoms with Gasteiger partial charge in [-0.1, -0.05) is 0 Å². The molecule has 2 N–H and O–H groups in total. The average molecular weight is 280 g/mol. The van der Waals surface area contributed by atoms with Crippen LogP contribution in [0.3, 0.4) is 0 Å². The van der Waals surface area contributed by atoms with Gasteiger partial charge in [0.25, 0.3) is 5.69 Å². The molecule has 1 fully saturated rings. The number of nitrogens with zero attached hydrogens (tertiary/aromatic N) is 1. The number of carboxylic acid groups (broad SMARTS) is 1. The number of nitrogens with one attached hydrogen (secondary N) is 1. The highest BCUT2D eigenvalue weighted by Gasteiger charge is 2.30. The summed E-state index contributed by atoms with van der Waals surface area (Å²) in [6.07, 6.45) is 1.83. The first-order valence-corrected chi connectivity index (χ1v) is 6.41. The Morgan fingerprint density at radius 2 is 2.25 bits per heavy atom. The Labute approximate surface area is 115 Å². The second-order valence-corrected chi connectivity index (χ2v) is 4.68. The molecule has 0 amide bonds. The molecule has 1 aliphatic rings. The second kappa shape index (κ2) is 5.87. The predicted octanol–water partition coefficient (Wildman–Crippen LogP) is 2.27. The van der Waals surface area contributed by atoms with Crippen LogP contribution in [0.25, 0.3) is 0 Å². The summed E-state index contributed by atoms with van der Waals surface area (Å²) in [5.74, 6) is -1.18. The molecule has 0 atom stereocenters. The molecule has 0 bridgehead atoms. The number of carboxylic acids is 1. The molecule has 20 heavy (non-hydrogen) atoms. The molecule has 0 aromatic heterocycles. The first kappa shape index (κ1) is 14.3. The second-order valence-electron chi connectivity index (χ2n) is 4.68. The van der Waals surface area contributed by atoms with Crippen molar-refractivity contribution in [1.82, 2.24) is 0 Å². The molecule has 0 heterocycles. The van der Waals surface area contributed by atoms with Crippen molar-refractivity contribution < 1.29 is 19.6 Å². The number of benzene rings is 1. The Hall–Kier alpha value is -2.15. The third-order valence-corrected chi connectivity index (χ3v) is 3.30. The monoisotopic (exact) mass is 280 g/mol. The first-order valence-electron chi connectivity index (χ1n) is 6.41. The Balaban J connectivity index is 2.08. The van der Waals surface area contributed by atoms with E-state index >= 15 is 0 Å². The third-order valence-electron chi connectivity index (χ3n) is 3.30. The van der Waals surface area contributed by atoms with Crippen molar-refractivity contribution in [2.75, 3.05) is 11.9 Å². The molecule has 1 aromatic carbocycles. The minimum Gasteiger partial charge on any atom is -0.478 e. The van der Waals surface area contributed by atoms with Crippen LogP contribution < -0.4 is 5.32 Å². The van der Waals surface area contributed by atoms with Crippen molar-refractivity contribution >= 4 is 17.3 Å². The normalized spacial score (nSPS) is 21.1. The number of ether oxygens (including phenoxy) is 1. The van der Waals surface area contributed by atoms with Gasteiger partial charge in [0, 0.05) is 30.5 Å². The van der Waals surface area contributed by atoms with Gasteiger partial charge in [0.2, 0.25) is 0 Å². The number of hydrogen-bond acceptors (Lipinski definition) is 5. The number of carbonyl (C=O) groups is 1. The minimum atomic E-state index is -1.18. The van der Waals surface area contributed by atoms with Crippen molar-refractivity contribution in [3.63, 3.8) is 0 Å². The Kier molecular flexibility index (Phi) is 4.19. The number of anilines is 1. The lowest BCUT2D eigenvalue weighted by atomic mass is 9.88. The summed E-state index contributed by atoms with van der Waals surface area (Å²) in [5, 5.41) is 22.9. The van der Waals surface area contributed by atoms with Gasteiger partial charge in [-0.25, -0.2) is 4.79 Å². The van der Waals surface area contributed by atoms with Crippen molar-refractivity contribution in [1.29, 1.82) is 0 Å². The van der Waals surface area contributed by atoms with Crippen LogP contribution in [-0.2, 0) is 4.74 Å². The number of rotatable bonds is 6. The average Bonchev–Trinajstić information content (AvgIpc) is 2.36. The molecule has 7 heteroatoms. The fraction of sp³-hybridized carbons (Fsp3) is 0.462. The number of hydrogen-bond donors (Lipinski definition) is 2. The highest BCUT2D eigenvalue weighted by atomic mass is 16.6. The molecule has 0 aliphatic heterocycles.